The van der Waals surface area contributed by atoms with Gasteiger partial charge in [0.1, 0.15) is 5.75 Å². The van der Waals surface area contributed by atoms with Crippen LogP contribution in [0.15, 0.2) is 29.2 Å². The highest BCUT2D eigenvalue weighted by Gasteiger charge is 2.31. The molecular formula is C16H23BrOS. The van der Waals surface area contributed by atoms with E-state index in [1.165, 1.54) is 43.4 Å². The molecule has 0 saturated heterocycles. The van der Waals surface area contributed by atoms with E-state index in [-0.39, 0.29) is 0 Å². The van der Waals surface area contributed by atoms with E-state index in [1.807, 2.05) is 0 Å². The van der Waals surface area contributed by atoms with Crippen LogP contribution in [-0.4, -0.2) is 18.2 Å². The van der Waals surface area contributed by atoms with Crippen LogP contribution in [-0.2, 0) is 0 Å². The number of ether oxygens (including phenoxy) is 1. The minimum Gasteiger partial charge on any atom is -0.492 e. The van der Waals surface area contributed by atoms with E-state index in [1.54, 1.807) is 11.8 Å². The van der Waals surface area contributed by atoms with Crippen molar-refractivity contribution in [3.8, 4) is 5.75 Å². The SMILES string of the molecule is CSc1ccccc1OCC1(CBr)CCCCCC1. The Morgan fingerprint density at radius 2 is 1.84 bits per heavy atom. The molecule has 106 valence electrons. The molecular weight excluding hydrogens is 320 g/mol. The molecule has 0 atom stereocenters. The second-order valence-corrected chi connectivity index (χ2v) is 6.90. The first-order chi connectivity index (χ1) is 9.29. The van der Waals surface area contributed by atoms with Crippen LogP contribution in [0.5, 0.6) is 5.75 Å². The molecule has 1 aromatic carbocycles. The Morgan fingerprint density at radius 1 is 1.16 bits per heavy atom. The summed E-state index contributed by atoms with van der Waals surface area (Å²) in [6, 6.07) is 8.35. The number of hydrogen-bond donors (Lipinski definition) is 0. The van der Waals surface area contributed by atoms with E-state index >= 15 is 0 Å². The fourth-order valence-electron chi connectivity index (χ4n) is 2.76. The average Bonchev–Trinajstić information content (AvgIpc) is 2.71. The summed E-state index contributed by atoms with van der Waals surface area (Å²) in [4.78, 5) is 1.24. The monoisotopic (exact) mass is 342 g/mol. The van der Waals surface area contributed by atoms with Gasteiger partial charge in [0.25, 0.3) is 0 Å². The average molecular weight is 343 g/mol. The first kappa shape index (κ1) is 15.2. The van der Waals surface area contributed by atoms with Gasteiger partial charge in [-0.15, -0.1) is 11.8 Å². The van der Waals surface area contributed by atoms with Crippen molar-refractivity contribution in [3.63, 3.8) is 0 Å². The molecule has 0 aliphatic heterocycles. The fourth-order valence-corrected chi connectivity index (χ4v) is 4.03. The molecule has 1 fully saturated rings. The number of rotatable bonds is 5. The van der Waals surface area contributed by atoms with Crippen LogP contribution in [0.1, 0.15) is 38.5 Å². The second-order valence-electron chi connectivity index (χ2n) is 5.49. The summed E-state index contributed by atoms with van der Waals surface area (Å²) in [7, 11) is 0. The zero-order valence-electron chi connectivity index (χ0n) is 11.7. The first-order valence-electron chi connectivity index (χ1n) is 7.11. The van der Waals surface area contributed by atoms with E-state index in [4.69, 9.17) is 4.74 Å². The van der Waals surface area contributed by atoms with E-state index in [2.05, 4.69) is 46.5 Å². The lowest BCUT2D eigenvalue weighted by Gasteiger charge is -2.30. The normalized spacial score (nSPS) is 18.8. The molecule has 0 aromatic heterocycles. The summed E-state index contributed by atoms with van der Waals surface area (Å²) in [5.41, 5.74) is 0.335. The molecule has 1 nitrogen and oxygen atoms in total. The third-order valence-electron chi connectivity index (χ3n) is 4.05. The molecule has 1 aromatic rings. The number of thioether (sulfide) groups is 1. The molecule has 0 N–H and O–H groups in total. The van der Waals surface area contributed by atoms with Crippen molar-refractivity contribution in [2.24, 2.45) is 5.41 Å². The van der Waals surface area contributed by atoms with Crippen molar-refractivity contribution in [3.05, 3.63) is 24.3 Å². The zero-order chi connectivity index (χ0) is 13.6. The van der Waals surface area contributed by atoms with Gasteiger partial charge in [0.15, 0.2) is 0 Å². The Bertz CT molecular complexity index is 386. The lowest BCUT2D eigenvalue weighted by molar-refractivity contribution is 0.146. The predicted octanol–water partition coefficient (Wildman–Crippen LogP) is 5.52. The van der Waals surface area contributed by atoms with Crippen LogP contribution in [0, 0.1) is 5.41 Å². The summed E-state index contributed by atoms with van der Waals surface area (Å²) >= 11 is 5.48. The topological polar surface area (TPSA) is 9.23 Å². The lowest BCUT2D eigenvalue weighted by atomic mass is 9.83. The van der Waals surface area contributed by atoms with E-state index in [0.29, 0.717) is 5.41 Å². The van der Waals surface area contributed by atoms with Crippen molar-refractivity contribution < 1.29 is 4.74 Å². The van der Waals surface area contributed by atoms with Gasteiger partial charge in [-0.2, -0.15) is 0 Å². The first-order valence-corrected chi connectivity index (χ1v) is 9.46. The molecule has 2 rings (SSSR count). The maximum absolute atomic E-state index is 6.17. The molecule has 0 spiro atoms. The molecule has 0 radical (unpaired) electrons. The maximum atomic E-state index is 6.17. The van der Waals surface area contributed by atoms with Gasteiger partial charge >= 0.3 is 0 Å². The molecule has 1 aliphatic rings. The Hall–Kier alpha value is -0.150. The molecule has 1 aliphatic carbocycles. The van der Waals surface area contributed by atoms with Crippen molar-refractivity contribution in [1.29, 1.82) is 0 Å². The number of alkyl halides is 1. The predicted molar refractivity (Wildman–Crippen MR) is 87.6 cm³/mol. The van der Waals surface area contributed by atoms with Crippen LogP contribution in [0.3, 0.4) is 0 Å². The highest BCUT2D eigenvalue weighted by Crippen LogP contribution is 2.38. The highest BCUT2D eigenvalue weighted by molar-refractivity contribution is 9.09. The Kier molecular flexibility index (Phi) is 6.08. The Balaban J connectivity index is 2.02. The second kappa shape index (κ2) is 7.58. The van der Waals surface area contributed by atoms with E-state index < -0.39 is 0 Å². The minimum absolute atomic E-state index is 0.335. The summed E-state index contributed by atoms with van der Waals surface area (Å²) in [5, 5.41) is 1.06. The van der Waals surface area contributed by atoms with Gasteiger partial charge in [-0.1, -0.05) is 53.7 Å². The maximum Gasteiger partial charge on any atom is 0.132 e. The molecule has 3 heteroatoms. The van der Waals surface area contributed by atoms with Crippen molar-refractivity contribution in [2.75, 3.05) is 18.2 Å². The number of hydrogen-bond acceptors (Lipinski definition) is 2. The summed E-state index contributed by atoms with van der Waals surface area (Å²) in [6.07, 6.45) is 10.2. The van der Waals surface area contributed by atoms with Gasteiger partial charge in [0.2, 0.25) is 0 Å². The summed E-state index contributed by atoms with van der Waals surface area (Å²) in [5.74, 6) is 1.04. The Labute approximate surface area is 129 Å². The third-order valence-corrected chi connectivity index (χ3v) is 6.02. The number of benzene rings is 1. The van der Waals surface area contributed by atoms with Crippen LogP contribution in [0.4, 0.5) is 0 Å². The number of halogens is 1. The molecule has 0 amide bonds. The van der Waals surface area contributed by atoms with Crippen LogP contribution < -0.4 is 4.74 Å². The highest BCUT2D eigenvalue weighted by atomic mass is 79.9. The minimum atomic E-state index is 0.335. The van der Waals surface area contributed by atoms with Crippen LogP contribution in [0.25, 0.3) is 0 Å². The standard InChI is InChI=1S/C16H23BrOS/c1-19-15-9-5-4-8-14(15)18-13-16(12-17)10-6-2-3-7-11-16/h4-5,8-9H,2-3,6-7,10-13H2,1H3. The summed E-state index contributed by atoms with van der Waals surface area (Å²) < 4.78 is 6.17. The van der Waals surface area contributed by atoms with Crippen LogP contribution in [0.2, 0.25) is 0 Å². The largest absolute Gasteiger partial charge is 0.492 e. The van der Waals surface area contributed by atoms with E-state index in [0.717, 1.165) is 17.7 Å². The smallest absolute Gasteiger partial charge is 0.132 e. The molecule has 0 unspecified atom stereocenters. The third kappa shape index (κ3) is 4.16. The van der Waals surface area contributed by atoms with Gasteiger partial charge < -0.3 is 4.74 Å². The van der Waals surface area contributed by atoms with Crippen LogP contribution >= 0.6 is 27.7 Å². The van der Waals surface area contributed by atoms with Gasteiger partial charge in [0.05, 0.1) is 6.61 Å². The summed E-state index contributed by atoms with van der Waals surface area (Å²) in [6.45, 7) is 0.843. The van der Waals surface area contributed by atoms with Gasteiger partial charge in [0, 0.05) is 15.6 Å². The van der Waals surface area contributed by atoms with Gasteiger partial charge in [-0.3, -0.25) is 0 Å². The Morgan fingerprint density at radius 3 is 2.47 bits per heavy atom. The van der Waals surface area contributed by atoms with Gasteiger partial charge in [-0.25, -0.2) is 0 Å². The molecule has 19 heavy (non-hydrogen) atoms. The van der Waals surface area contributed by atoms with E-state index in [9.17, 15) is 0 Å². The molecule has 0 bridgehead atoms. The fraction of sp³-hybridized carbons (Fsp3) is 0.625. The number of para-hydroxylation sites is 1. The van der Waals surface area contributed by atoms with Crippen molar-refractivity contribution in [1.82, 2.24) is 0 Å². The zero-order valence-corrected chi connectivity index (χ0v) is 14.1. The lowest BCUT2D eigenvalue weighted by Crippen LogP contribution is -2.30. The van der Waals surface area contributed by atoms with Gasteiger partial charge in [-0.05, 0) is 31.2 Å². The quantitative estimate of drug-likeness (QED) is 0.395. The molecule has 1 saturated carbocycles. The van der Waals surface area contributed by atoms with Crippen molar-refractivity contribution in [2.45, 2.75) is 43.4 Å². The van der Waals surface area contributed by atoms with Crippen molar-refractivity contribution >= 4 is 27.7 Å². The molecule has 0 heterocycles.